The number of hydrogen-bond donors (Lipinski definition) is 1. The lowest BCUT2D eigenvalue weighted by Gasteiger charge is -2.14. The Morgan fingerprint density at radius 2 is 2.00 bits per heavy atom. The molecule has 0 fully saturated rings. The molecule has 1 heterocycles. The van der Waals surface area contributed by atoms with E-state index in [1.807, 2.05) is 38.1 Å². The highest BCUT2D eigenvalue weighted by Gasteiger charge is 2.12. The molecule has 1 amide bonds. The number of ether oxygens (including phenoxy) is 1. The molecule has 0 radical (unpaired) electrons. The van der Waals surface area contributed by atoms with Crippen LogP contribution in [0.5, 0.6) is 5.75 Å². The Balaban J connectivity index is 1.83. The van der Waals surface area contributed by atoms with Crippen LogP contribution in [0.3, 0.4) is 0 Å². The van der Waals surface area contributed by atoms with Gasteiger partial charge in [-0.1, -0.05) is 29.3 Å². The first-order valence-electron chi connectivity index (χ1n) is 6.52. The van der Waals surface area contributed by atoms with E-state index in [1.54, 1.807) is 0 Å². The zero-order chi connectivity index (χ0) is 15.2. The molecule has 110 valence electrons. The van der Waals surface area contributed by atoms with Crippen molar-refractivity contribution in [2.45, 2.75) is 19.9 Å². The summed E-state index contributed by atoms with van der Waals surface area (Å²) in [5, 5.41) is 3.04. The Hall–Kier alpha value is -2.14. The number of amides is 1. The van der Waals surface area contributed by atoms with Gasteiger partial charge in [-0.2, -0.15) is 0 Å². The van der Waals surface area contributed by atoms with Gasteiger partial charge >= 0.3 is 0 Å². The van der Waals surface area contributed by atoms with E-state index in [2.05, 4.69) is 15.3 Å². The summed E-state index contributed by atoms with van der Waals surface area (Å²) in [6.45, 7) is 4.24. The maximum atomic E-state index is 11.9. The van der Waals surface area contributed by atoms with Crippen LogP contribution in [-0.4, -0.2) is 28.5 Å². The van der Waals surface area contributed by atoms with Gasteiger partial charge in [0.2, 0.25) is 0 Å². The van der Waals surface area contributed by atoms with Crippen LogP contribution in [0.15, 0.2) is 36.7 Å². The Morgan fingerprint density at radius 3 is 2.62 bits per heavy atom. The largest absolute Gasteiger partial charge is 0.491 e. The molecule has 1 unspecified atom stereocenters. The van der Waals surface area contributed by atoms with Gasteiger partial charge in [-0.15, -0.1) is 0 Å². The average Bonchev–Trinajstić information content (AvgIpc) is 2.47. The molecule has 1 aromatic heterocycles. The summed E-state index contributed by atoms with van der Waals surface area (Å²) in [5.41, 5.74) is 1.39. The maximum absolute atomic E-state index is 11.9. The summed E-state index contributed by atoms with van der Waals surface area (Å²) < 4.78 is 5.61. The van der Waals surface area contributed by atoms with Crippen molar-refractivity contribution in [3.8, 4) is 5.75 Å². The van der Waals surface area contributed by atoms with E-state index in [9.17, 15) is 4.79 Å². The molecule has 1 N–H and O–H groups in total. The third kappa shape index (κ3) is 4.72. The van der Waals surface area contributed by atoms with Gasteiger partial charge in [0, 0.05) is 0 Å². The molecule has 1 aromatic carbocycles. The highest BCUT2D eigenvalue weighted by Crippen LogP contribution is 2.11. The number of carbonyl (C=O) groups is 1. The van der Waals surface area contributed by atoms with Crippen LogP contribution in [0.4, 0.5) is 0 Å². The van der Waals surface area contributed by atoms with Crippen molar-refractivity contribution in [1.29, 1.82) is 0 Å². The zero-order valence-corrected chi connectivity index (χ0v) is 12.6. The number of rotatable bonds is 5. The smallest absolute Gasteiger partial charge is 0.271 e. The first kappa shape index (κ1) is 15.3. The number of carbonyl (C=O) groups excluding carboxylic acids is 1. The topological polar surface area (TPSA) is 64.1 Å². The van der Waals surface area contributed by atoms with Gasteiger partial charge in [0.05, 0.1) is 18.4 Å². The van der Waals surface area contributed by atoms with E-state index in [0.29, 0.717) is 6.61 Å². The van der Waals surface area contributed by atoms with E-state index in [-0.39, 0.29) is 22.8 Å². The molecule has 0 aliphatic carbocycles. The summed E-state index contributed by atoms with van der Waals surface area (Å²) in [7, 11) is 0. The lowest BCUT2D eigenvalue weighted by molar-refractivity contribution is 0.0921. The highest BCUT2D eigenvalue weighted by atomic mass is 35.5. The normalized spacial score (nSPS) is 11.8. The van der Waals surface area contributed by atoms with Crippen LogP contribution < -0.4 is 10.1 Å². The van der Waals surface area contributed by atoms with Crippen LogP contribution >= 0.6 is 11.6 Å². The van der Waals surface area contributed by atoms with Gasteiger partial charge in [0.15, 0.2) is 0 Å². The number of aromatic nitrogens is 2. The van der Waals surface area contributed by atoms with E-state index in [1.165, 1.54) is 18.0 Å². The maximum Gasteiger partial charge on any atom is 0.271 e. The summed E-state index contributed by atoms with van der Waals surface area (Å²) in [6, 6.07) is 7.59. The Kier molecular flexibility index (Phi) is 5.11. The molecule has 5 nitrogen and oxygen atoms in total. The molecule has 2 rings (SSSR count). The Labute approximate surface area is 128 Å². The molecule has 0 spiro atoms. The predicted molar refractivity (Wildman–Crippen MR) is 80.6 cm³/mol. The lowest BCUT2D eigenvalue weighted by atomic mass is 10.2. The zero-order valence-electron chi connectivity index (χ0n) is 11.8. The van der Waals surface area contributed by atoms with Crippen molar-refractivity contribution < 1.29 is 9.53 Å². The molecule has 2 aromatic rings. The lowest BCUT2D eigenvalue weighted by Crippen LogP contribution is -2.37. The average molecular weight is 306 g/mol. The van der Waals surface area contributed by atoms with Gasteiger partial charge in [0.1, 0.15) is 23.2 Å². The number of nitrogens with one attached hydrogen (secondary N) is 1. The molecule has 0 saturated carbocycles. The SMILES string of the molecule is Cc1ccc(OCC(C)NC(=O)c2cnc(Cl)cn2)cc1. The second kappa shape index (κ2) is 7.04. The molecule has 6 heteroatoms. The Bertz CT molecular complexity index is 599. The van der Waals surface area contributed by atoms with Crippen molar-refractivity contribution in [2.75, 3.05) is 6.61 Å². The highest BCUT2D eigenvalue weighted by molar-refractivity contribution is 6.29. The minimum absolute atomic E-state index is 0.156. The minimum atomic E-state index is -0.306. The molecule has 0 saturated heterocycles. The molecule has 0 aliphatic heterocycles. The second-order valence-electron chi connectivity index (χ2n) is 4.72. The molecular weight excluding hydrogens is 290 g/mol. The minimum Gasteiger partial charge on any atom is -0.491 e. The summed E-state index contributed by atoms with van der Waals surface area (Å²) in [6.07, 6.45) is 2.68. The monoisotopic (exact) mass is 305 g/mol. The molecule has 0 bridgehead atoms. The van der Waals surface area contributed by atoms with Crippen molar-refractivity contribution in [1.82, 2.24) is 15.3 Å². The number of aryl methyl sites for hydroxylation is 1. The van der Waals surface area contributed by atoms with Crippen molar-refractivity contribution >= 4 is 17.5 Å². The van der Waals surface area contributed by atoms with Crippen LogP contribution in [-0.2, 0) is 0 Å². The molecule has 1 atom stereocenters. The first-order chi connectivity index (χ1) is 10.0. The third-order valence-corrected chi connectivity index (χ3v) is 2.95. The fraction of sp³-hybridized carbons (Fsp3) is 0.267. The van der Waals surface area contributed by atoms with Crippen LogP contribution in [0.25, 0.3) is 0 Å². The summed E-state index contributed by atoms with van der Waals surface area (Å²) >= 11 is 5.63. The van der Waals surface area contributed by atoms with Crippen LogP contribution in [0, 0.1) is 6.92 Å². The van der Waals surface area contributed by atoms with Crippen LogP contribution in [0.1, 0.15) is 23.0 Å². The number of halogens is 1. The van der Waals surface area contributed by atoms with E-state index < -0.39 is 0 Å². The summed E-state index contributed by atoms with van der Waals surface area (Å²) in [4.78, 5) is 19.6. The van der Waals surface area contributed by atoms with Gasteiger partial charge in [-0.05, 0) is 26.0 Å². The second-order valence-corrected chi connectivity index (χ2v) is 5.11. The van der Waals surface area contributed by atoms with Gasteiger partial charge < -0.3 is 10.1 Å². The van der Waals surface area contributed by atoms with Gasteiger partial charge in [-0.3, -0.25) is 4.79 Å². The van der Waals surface area contributed by atoms with Gasteiger partial charge in [-0.25, -0.2) is 9.97 Å². The molecule has 0 aliphatic rings. The van der Waals surface area contributed by atoms with Crippen LogP contribution in [0.2, 0.25) is 5.15 Å². The molecule has 21 heavy (non-hydrogen) atoms. The standard InChI is InChI=1S/C15H16ClN3O2/c1-10-3-5-12(6-4-10)21-9-11(2)19-15(20)13-7-18-14(16)8-17-13/h3-8,11H,9H2,1-2H3,(H,19,20). The van der Waals surface area contributed by atoms with Crippen molar-refractivity contribution in [2.24, 2.45) is 0 Å². The number of hydrogen-bond acceptors (Lipinski definition) is 4. The quantitative estimate of drug-likeness (QED) is 0.922. The van der Waals surface area contributed by atoms with E-state index in [4.69, 9.17) is 16.3 Å². The number of nitrogens with zero attached hydrogens (tertiary/aromatic N) is 2. The van der Waals surface area contributed by atoms with Crippen molar-refractivity contribution in [3.05, 3.63) is 53.1 Å². The van der Waals surface area contributed by atoms with E-state index >= 15 is 0 Å². The fourth-order valence-corrected chi connectivity index (χ4v) is 1.72. The van der Waals surface area contributed by atoms with E-state index in [0.717, 1.165) is 5.75 Å². The molecular formula is C15H16ClN3O2. The first-order valence-corrected chi connectivity index (χ1v) is 6.90. The third-order valence-electron chi connectivity index (χ3n) is 2.75. The fourth-order valence-electron chi connectivity index (χ4n) is 1.62. The van der Waals surface area contributed by atoms with Crippen molar-refractivity contribution in [3.63, 3.8) is 0 Å². The van der Waals surface area contributed by atoms with Gasteiger partial charge in [0.25, 0.3) is 5.91 Å². The summed E-state index contributed by atoms with van der Waals surface area (Å²) in [5.74, 6) is 0.465. The number of benzene rings is 1. The Morgan fingerprint density at radius 1 is 1.29 bits per heavy atom. The predicted octanol–water partition coefficient (Wildman–Crippen LogP) is 2.64.